The Bertz CT molecular complexity index is 673. The van der Waals surface area contributed by atoms with Gasteiger partial charge in [-0.15, -0.1) is 0 Å². The van der Waals surface area contributed by atoms with Gasteiger partial charge >= 0.3 is 12.0 Å². The smallest absolute Gasteiger partial charge is 0.330 e. The molecule has 1 saturated heterocycles. The molecule has 0 aromatic heterocycles. The Morgan fingerprint density at radius 1 is 1.04 bits per heavy atom. The first-order valence-electron chi connectivity index (χ1n) is 9.68. The lowest BCUT2D eigenvalue weighted by Gasteiger charge is -2.33. The molecule has 0 spiro atoms. The molecule has 2 aliphatic rings. The summed E-state index contributed by atoms with van der Waals surface area (Å²) in [4.78, 5) is 38.4. The molecule has 1 aromatic rings. The number of nitrogens with one attached hydrogen (secondary N) is 2. The minimum absolute atomic E-state index is 0.114. The Balaban J connectivity index is 1.58. The Kier molecular flexibility index (Phi) is 6.32. The molecule has 7 nitrogen and oxygen atoms in total. The van der Waals surface area contributed by atoms with Crippen LogP contribution in [0.25, 0.3) is 0 Å². The van der Waals surface area contributed by atoms with Crippen LogP contribution in [0.2, 0.25) is 0 Å². The summed E-state index contributed by atoms with van der Waals surface area (Å²) in [5.41, 5.74) is 0.532. The fourth-order valence-electron chi connectivity index (χ4n) is 3.90. The number of hydrogen-bond acceptors (Lipinski definition) is 3. The van der Waals surface area contributed by atoms with E-state index in [9.17, 15) is 19.5 Å². The van der Waals surface area contributed by atoms with Gasteiger partial charge in [0.1, 0.15) is 0 Å². The first kappa shape index (κ1) is 19.2. The largest absolute Gasteiger partial charge is 0.479 e. The Labute approximate surface area is 159 Å². The lowest BCUT2D eigenvalue weighted by atomic mass is 9.96. The molecule has 27 heavy (non-hydrogen) atoms. The number of carboxylic acid groups (broad SMARTS) is 1. The summed E-state index contributed by atoms with van der Waals surface area (Å²) in [5, 5.41) is 15.2. The molecular formula is C20H27N3O4. The number of carboxylic acids is 1. The van der Waals surface area contributed by atoms with E-state index in [-0.39, 0.29) is 18.0 Å². The van der Waals surface area contributed by atoms with Crippen LogP contribution < -0.4 is 10.6 Å². The third kappa shape index (κ3) is 4.99. The molecule has 3 N–H and O–H groups in total. The van der Waals surface area contributed by atoms with Gasteiger partial charge in [0.05, 0.1) is 5.92 Å². The number of benzene rings is 1. The molecule has 1 heterocycles. The Morgan fingerprint density at radius 3 is 2.41 bits per heavy atom. The van der Waals surface area contributed by atoms with Crippen molar-refractivity contribution in [2.45, 2.75) is 50.6 Å². The number of rotatable bonds is 5. The van der Waals surface area contributed by atoms with Gasteiger partial charge in [-0.25, -0.2) is 9.59 Å². The average Bonchev–Trinajstić information content (AvgIpc) is 3.19. The van der Waals surface area contributed by atoms with Gasteiger partial charge in [-0.05, 0) is 31.2 Å². The molecule has 1 unspecified atom stereocenters. The SMILES string of the molecule is O=C(N[C@H](C(=O)O)c1ccccc1)C1CCCN(C(=O)NC2CCCC2)C1. The van der Waals surface area contributed by atoms with E-state index in [1.165, 1.54) is 0 Å². The van der Waals surface area contributed by atoms with E-state index in [0.717, 1.165) is 32.1 Å². The van der Waals surface area contributed by atoms with Crippen molar-refractivity contribution < 1.29 is 19.5 Å². The number of nitrogens with zero attached hydrogens (tertiary/aromatic N) is 1. The summed E-state index contributed by atoms with van der Waals surface area (Å²) >= 11 is 0. The van der Waals surface area contributed by atoms with Crippen molar-refractivity contribution in [1.82, 2.24) is 15.5 Å². The first-order valence-corrected chi connectivity index (χ1v) is 9.68. The molecular weight excluding hydrogens is 346 g/mol. The molecule has 1 aromatic carbocycles. The van der Waals surface area contributed by atoms with Crippen molar-refractivity contribution in [2.24, 2.45) is 5.92 Å². The topological polar surface area (TPSA) is 98.7 Å². The van der Waals surface area contributed by atoms with Gasteiger partial charge < -0.3 is 20.6 Å². The van der Waals surface area contributed by atoms with E-state index in [1.807, 2.05) is 0 Å². The van der Waals surface area contributed by atoms with Crippen LogP contribution in [-0.4, -0.2) is 47.0 Å². The van der Waals surface area contributed by atoms with Crippen LogP contribution in [0.5, 0.6) is 0 Å². The van der Waals surface area contributed by atoms with Crippen LogP contribution in [-0.2, 0) is 9.59 Å². The number of likely N-dealkylation sites (tertiary alicyclic amines) is 1. The van der Waals surface area contributed by atoms with E-state index in [2.05, 4.69) is 10.6 Å². The second kappa shape index (κ2) is 8.88. The van der Waals surface area contributed by atoms with E-state index in [1.54, 1.807) is 35.2 Å². The highest BCUT2D eigenvalue weighted by molar-refractivity contribution is 5.86. The summed E-state index contributed by atoms with van der Waals surface area (Å²) in [5.74, 6) is -1.80. The fraction of sp³-hybridized carbons (Fsp3) is 0.550. The van der Waals surface area contributed by atoms with Crippen molar-refractivity contribution in [1.29, 1.82) is 0 Å². The van der Waals surface area contributed by atoms with E-state index in [4.69, 9.17) is 0 Å². The maximum atomic E-state index is 12.7. The third-order valence-corrected chi connectivity index (χ3v) is 5.43. The maximum Gasteiger partial charge on any atom is 0.330 e. The van der Waals surface area contributed by atoms with Crippen LogP contribution in [0.1, 0.15) is 50.1 Å². The van der Waals surface area contributed by atoms with Crippen LogP contribution in [0, 0.1) is 5.92 Å². The minimum Gasteiger partial charge on any atom is -0.479 e. The summed E-state index contributed by atoms with van der Waals surface area (Å²) in [6.07, 6.45) is 5.71. The Morgan fingerprint density at radius 2 is 1.74 bits per heavy atom. The molecule has 2 fully saturated rings. The minimum atomic E-state index is -1.10. The van der Waals surface area contributed by atoms with E-state index in [0.29, 0.717) is 25.1 Å². The predicted molar refractivity (Wildman–Crippen MR) is 100 cm³/mol. The van der Waals surface area contributed by atoms with E-state index < -0.39 is 17.9 Å². The fourth-order valence-corrected chi connectivity index (χ4v) is 3.90. The number of amides is 3. The molecule has 3 amide bonds. The van der Waals surface area contributed by atoms with Gasteiger partial charge in [0, 0.05) is 19.1 Å². The zero-order valence-corrected chi connectivity index (χ0v) is 15.4. The highest BCUT2D eigenvalue weighted by Crippen LogP contribution is 2.21. The third-order valence-electron chi connectivity index (χ3n) is 5.43. The number of hydrogen-bond donors (Lipinski definition) is 3. The molecule has 1 aliphatic carbocycles. The second-order valence-corrected chi connectivity index (χ2v) is 7.41. The second-order valence-electron chi connectivity index (χ2n) is 7.41. The molecule has 3 rings (SSSR count). The highest BCUT2D eigenvalue weighted by atomic mass is 16.4. The number of piperidine rings is 1. The number of urea groups is 1. The summed E-state index contributed by atoms with van der Waals surface area (Å²) < 4.78 is 0. The van der Waals surface area contributed by atoms with Crippen LogP contribution in [0.3, 0.4) is 0 Å². The first-order chi connectivity index (χ1) is 13.0. The van der Waals surface area contributed by atoms with Crippen molar-refractivity contribution >= 4 is 17.9 Å². The van der Waals surface area contributed by atoms with Crippen molar-refractivity contribution in [3.8, 4) is 0 Å². The van der Waals surface area contributed by atoms with Crippen molar-refractivity contribution in [2.75, 3.05) is 13.1 Å². The molecule has 7 heteroatoms. The summed E-state index contributed by atoms with van der Waals surface area (Å²) in [6.45, 7) is 0.953. The van der Waals surface area contributed by atoms with Crippen LogP contribution in [0.15, 0.2) is 30.3 Å². The normalized spacial score (nSPS) is 21.5. The Hall–Kier alpha value is -2.57. The monoisotopic (exact) mass is 373 g/mol. The predicted octanol–water partition coefficient (Wildman–Crippen LogP) is 2.29. The number of aliphatic carboxylic acids is 1. The molecule has 0 bridgehead atoms. The van der Waals surface area contributed by atoms with Crippen molar-refractivity contribution in [3.63, 3.8) is 0 Å². The maximum absolute atomic E-state index is 12.7. The lowest BCUT2D eigenvalue weighted by Crippen LogP contribution is -2.51. The average molecular weight is 373 g/mol. The molecule has 2 atom stereocenters. The molecule has 1 aliphatic heterocycles. The zero-order chi connectivity index (χ0) is 19.2. The van der Waals surface area contributed by atoms with Crippen molar-refractivity contribution in [3.05, 3.63) is 35.9 Å². The quantitative estimate of drug-likeness (QED) is 0.737. The number of carbonyl (C=O) groups is 3. The summed E-state index contributed by atoms with van der Waals surface area (Å²) in [6, 6.07) is 7.69. The number of carbonyl (C=O) groups excluding carboxylic acids is 2. The van der Waals surface area contributed by atoms with Gasteiger partial charge in [0.25, 0.3) is 0 Å². The van der Waals surface area contributed by atoms with Crippen LogP contribution >= 0.6 is 0 Å². The molecule has 0 radical (unpaired) electrons. The molecule has 1 saturated carbocycles. The van der Waals surface area contributed by atoms with E-state index >= 15 is 0 Å². The zero-order valence-electron chi connectivity index (χ0n) is 15.4. The van der Waals surface area contributed by atoms with Gasteiger partial charge in [-0.3, -0.25) is 4.79 Å². The van der Waals surface area contributed by atoms with Crippen LogP contribution in [0.4, 0.5) is 4.79 Å². The van der Waals surface area contributed by atoms with Gasteiger partial charge in [0.2, 0.25) is 5.91 Å². The highest BCUT2D eigenvalue weighted by Gasteiger charge is 2.32. The lowest BCUT2D eigenvalue weighted by molar-refractivity contribution is -0.143. The van der Waals surface area contributed by atoms with Gasteiger partial charge in [-0.2, -0.15) is 0 Å². The summed E-state index contributed by atoms with van der Waals surface area (Å²) in [7, 11) is 0. The van der Waals surface area contributed by atoms with Gasteiger partial charge in [-0.1, -0.05) is 43.2 Å². The standard InChI is InChI=1S/C20H27N3O4/c24-18(22-17(19(25)26)14-7-2-1-3-8-14)15-9-6-12-23(13-15)20(27)21-16-10-4-5-11-16/h1-3,7-8,15-17H,4-6,9-13H2,(H,21,27)(H,22,24)(H,25,26)/t15?,17-/m0/s1. The van der Waals surface area contributed by atoms with Gasteiger partial charge in [0.15, 0.2) is 6.04 Å². The molecule has 146 valence electrons.